The molecule has 1 aliphatic rings. The number of ether oxygens (including phenoxy) is 3. The summed E-state index contributed by atoms with van der Waals surface area (Å²) in [7, 11) is 3.47. The Hall–Kier alpha value is -3.20. The van der Waals surface area contributed by atoms with Gasteiger partial charge in [-0.2, -0.15) is 0 Å². The van der Waals surface area contributed by atoms with E-state index in [1.54, 1.807) is 31.4 Å². The van der Waals surface area contributed by atoms with Gasteiger partial charge in [-0.1, -0.05) is 11.8 Å². The van der Waals surface area contributed by atoms with Crippen molar-refractivity contribution in [2.75, 3.05) is 19.2 Å². The predicted molar refractivity (Wildman–Crippen MR) is 110 cm³/mol. The lowest BCUT2D eigenvalue weighted by molar-refractivity contribution is -0.115. The van der Waals surface area contributed by atoms with Crippen molar-refractivity contribution in [3.8, 4) is 28.6 Å². The van der Waals surface area contributed by atoms with Gasteiger partial charge in [-0.25, -0.2) is 0 Å². The van der Waals surface area contributed by atoms with Crippen LogP contribution in [0.1, 0.15) is 6.92 Å². The summed E-state index contributed by atoms with van der Waals surface area (Å²) in [5.74, 6) is 2.71. The highest BCUT2D eigenvalue weighted by atomic mass is 32.2. The van der Waals surface area contributed by atoms with E-state index in [9.17, 15) is 4.79 Å². The molecule has 150 valence electrons. The Labute approximate surface area is 172 Å². The van der Waals surface area contributed by atoms with Crippen molar-refractivity contribution in [1.29, 1.82) is 0 Å². The first-order chi connectivity index (χ1) is 14.0. The van der Waals surface area contributed by atoms with Gasteiger partial charge in [0, 0.05) is 18.3 Å². The smallest absolute Gasteiger partial charge is 0.237 e. The maximum Gasteiger partial charge on any atom is 0.237 e. The van der Waals surface area contributed by atoms with Crippen molar-refractivity contribution >= 4 is 23.4 Å². The quantitative estimate of drug-likeness (QED) is 0.621. The molecule has 1 atom stereocenters. The van der Waals surface area contributed by atoms with Gasteiger partial charge in [-0.05, 0) is 49.4 Å². The number of aromatic nitrogens is 3. The molecule has 0 radical (unpaired) electrons. The molecule has 2 heterocycles. The van der Waals surface area contributed by atoms with Crippen molar-refractivity contribution < 1.29 is 19.0 Å². The molecule has 0 saturated carbocycles. The normalized spacial score (nSPS) is 13.2. The second-order valence-electron chi connectivity index (χ2n) is 6.41. The maximum atomic E-state index is 12.5. The number of hydrogen-bond acceptors (Lipinski definition) is 7. The number of benzene rings is 2. The van der Waals surface area contributed by atoms with Gasteiger partial charge in [-0.3, -0.25) is 4.79 Å². The Morgan fingerprint density at radius 2 is 1.93 bits per heavy atom. The number of rotatable bonds is 6. The van der Waals surface area contributed by atoms with Crippen LogP contribution in [0.2, 0.25) is 0 Å². The van der Waals surface area contributed by atoms with Gasteiger partial charge < -0.3 is 24.1 Å². The molecule has 1 N–H and O–H groups in total. The summed E-state index contributed by atoms with van der Waals surface area (Å²) in [6.07, 6.45) is 0. The van der Waals surface area contributed by atoms with Crippen LogP contribution in [0, 0.1) is 0 Å². The van der Waals surface area contributed by atoms with Gasteiger partial charge in [-0.15, -0.1) is 10.2 Å². The third-order valence-electron chi connectivity index (χ3n) is 4.47. The Kier molecular flexibility index (Phi) is 5.30. The van der Waals surface area contributed by atoms with E-state index >= 15 is 0 Å². The highest BCUT2D eigenvalue weighted by Crippen LogP contribution is 2.36. The van der Waals surface area contributed by atoms with E-state index in [2.05, 4.69) is 15.5 Å². The highest BCUT2D eigenvalue weighted by molar-refractivity contribution is 8.00. The van der Waals surface area contributed by atoms with Gasteiger partial charge in [0.2, 0.25) is 12.7 Å². The summed E-state index contributed by atoms with van der Waals surface area (Å²) in [5.41, 5.74) is 1.58. The number of fused-ring (bicyclic) bond motifs is 1. The largest absolute Gasteiger partial charge is 0.497 e. The van der Waals surface area contributed by atoms with E-state index in [4.69, 9.17) is 14.2 Å². The number of nitrogens with zero attached hydrogens (tertiary/aromatic N) is 3. The lowest BCUT2D eigenvalue weighted by atomic mass is 10.2. The first-order valence-corrected chi connectivity index (χ1v) is 9.84. The molecule has 1 aliphatic heterocycles. The topological polar surface area (TPSA) is 87.5 Å². The fourth-order valence-corrected chi connectivity index (χ4v) is 3.65. The molecular formula is C20H20N4O4S. The van der Waals surface area contributed by atoms with E-state index in [1.165, 1.54) is 11.8 Å². The summed E-state index contributed by atoms with van der Waals surface area (Å²) in [6.45, 7) is 2.05. The number of carbonyl (C=O) groups is 1. The Morgan fingerprint density at radius 1 is 1.17 bits per heavy atom. The van der Waals surface area contributed by atoms with Crippen molar-refractivity contribution in [2.45, 2.75) is 17.3 Å². The monoisotopic (exact) mass is 412 g/mol. The summed E-state index contributed by atoms with van der Waals surface area (Å²) >= 11 is 1.34. The van der Waals surface area contributed by atoms with Crippen LogP contribution in [0.3, 0.4) is 0 Å². The first kappa shape index (κ1) is 19.1. The molecule has 2 aromatic carbocycles. The average Bonchev–Trinajstić information content (AvgIpc) is 3.34. The molecule has 29 heavy (non-hydrogen) atoms. The Morgan fingerprint density at radius 3 is 2.69 bits per heavy atom. The molecule has 0 bridgehead atoms. The van der Waals surface area contributed by atoms with Crippen LogP contribution in [0.4, 0.5) is 5.69 Å². The summed E-state index contributed by atoms with van der Waals surface area (Å²) in [5, 5.41) is 11.7. The number of anilines is 1. The molecule has 1 aromatic heterocycles. The molecule has 9 heteroatoms. The zero-order valence-corrected chi connectivity index (χ0v) is 17.0. The van der Waals surface area contributed by atoms with Crippen LogP contribution in [-0.4, -0.2) is 39.8 Å². The van der Waals surface area contributed by atoms with E-state index in [1.807, 2.05) is 36.7 Å². The lowest BCUT2D eigenvalue weighted by Crippen LogP contribution is -2.22. The van der Waals surface area contributed by atoms with Crippen molar-refractivity contribution in [2.24, 2.45) is 7.05 Å². The Bertz CT molecular complexity index is 1040. The Balaban J connectivity index is 1.44. The second-order valence-corrected chi connectivity index (χ2v) is 7.72. The molecule has 3 aromatic rings. The van der Waals surface area contributed by atoms with Crippen LogP contribution in [0.15, 0.2) is 47.6 Å². The molecule has 0 spiro atoms. The van der Waals surface area contributed by atoms with Gasteiger partial charge in [0.05, 0.1) is 12.4 Å². The molecule has 0 aliphatic carbocycles. The minimum atomic E-state index is -0.357. The molecule has 4 rings (SSSR count). The fraction of sp³-hybridized carbons (Fsp3) is 0.250. The van der Waals surface area contributed by atoms with Crippen LogP contribution in [0.5, 0.6) is 17.2 Å². The van der Waals surface area contributed by atoms with Crippen LogP contribution < -0.4 is 19.5 Å². The molecule has 0 fully saturated rings. The average molecular weight is 412 g/mol. The molecule has 1 amide bonds. The van der Waals surface area contributed by atoms with Gasteiger partial charge in [0.25, 0.3) is 0 Å². The maximum absolute atomic E-state index is 12.5. The van der Waals surface area contributed by atoms with Crippen LogP contribution in [-0.2, 0) is 11.8 Å². The summed E-state index contributed by atoms with van der Waals surface area (Å²) < 4.78 is 17.8. The van der Waals surface area contributed by atoms with Crippen molar-refractivity contribution in [3.63, 3.8) is 0 Å². The highest BCUT2D eigenvalue weighted by Gasteiger charge is 2.21. The van der Waals surface area contributed by atoms with E-state index in [0.717, 1.165) is 11.3 Å². The zero-order valence-electron chi connectivity index (χ0n) is 16.2. The minimum absolute atomic E-state index is 0.118. The first-order valence-electron chi connectivity index (χ1n) is 8.96. The zero-order chi connectivity index (χ0) is 20.4. The van der Waals surface area contributed by atoms with E-state index in [-0.39, 0.29) is 18.0 Å². The third kappa shape index (κ3) is 4.00. The number of carbonyl (C=O) groups excluding carboxylic acids is 1. The van der Waals surface area contributed by atoms with E-state index < -0.39 is 0 Å². The van der Waals surface area contributed by atoms with Crippen LogP contribution in [0.25, 0.3) is 11.4 Å². The number of hydrogen-bond donors (Lipinski definition) is 1. The van der Waals surface area contributed by atoms with Gasteiger partial charge in [0.1, 0.15) is 5.75 Å². The second kappa shape index (κ2) is 8.04. The lowest BCUT2D eigenvalue weighted by Gasteiger charge is -2.12. The predicted octanol–water partition coefficient (Wildman–Crippen LogP) is 3.34. The fourth-order valence-electron chi connectivity index (χ4n) is 2.83. The number of amides is 1. The number of nitrogens with one attached hydrogen (secondary N) is 1. The van der Waals surface area contributed by atoms with Gasteiger partial charge >= 0.3 is 0 Å². The molecular weight excluding hydrogens is 392 g/mol. The van der Waals surface area contributed by atoms with E-state index in [0.29, 0.717) is 28.2 Å². The molecule has 0 unspecified atom stereocenters. The van der Waals surface area contributed by atoms with Gasteiger partial charge in [0.15, 0.2) is 22.5 Å². The SMILES string of the molecule is COc1ccc(NC(=O)[C@@H](C)Sc2nnc(-c3ccc4c(c3)OCO4)n2C)cc1. The standard InChI is InChI=1S/C20H20N4O4S/c1-12(19(25)21-14-5-7-15(26-3)8-6-14)29-20-23-22-18(24(20)2)13-4-9-16-17(10-13)28-11-27-16/h4-10,12H,11H2,1-3H3,(H,21,25)/t12-/m1/s1. The third-order valence-corrected chi connectivity index (χ3v) is 5.61. The summed E-state index contributed by atoms with van der Waals surface area (Å²) in [6, 6.07) is 12.8. The number of methoxy groups -OCH3 is 1. The number of thioether (sulfide) groups is 1. The molecule has 8 nitrogen and oxygen atoms in total. The summed E-state index contributed by atoms with van der Waals surface area (Å²) in [4.78, 5) is 12.5. The van der Waals surface area contributed by atoms with Crippen LogP contribution >= 0.6 is 11.8 Å². The minimum Gasteiger partial charge on any atom is -0.497 e. The molecule has 0 saturated heterocycles. The van der Waals surface area contributed by atoms with Crippen molar-refractivity contribution in [1.82, 2.24) is 14.8 Å². The van der Waals surface area contributed by atoms with Crippen molar-refractivity contribution in [3.05, 3.63) is 42.5 Å².